The van der Waals surface area contributed by atoms with Gasteiger partial charge in [-0.15, -0.1) is 0 Å². The van der Waals surface area contributed by atoms with Crippen molar-refractivity contribution in [2.45, 2.75) is 19.4 Å². The standard InChI is InChI=1S/C15H21N3O3/c1-10-8-18(7-6-13(10)19)9-14(20)17-12-4-2-11(3-5-12)15(16)21/h2-5,10,13,19H,6-9H2,1H3,(H2,16,21)(H,17,20). The molecule has 1 saturated heterocycles. The van der Waals surface area contributed by atoms with E-state index in [1.165, 1.54) is 0 Å². The maximum atomic E-state index is 12.0. The first kappa shape index (κ1) is 15.5. The quantitative estimate of drug-likeness (QED) is 0.749. The fourth-order valence-electron chi connectivity index (χ4n) is 2.48. The van der Waals surface area contributed by atoms with Crippen molar-refractivity contribution >= 4 is 17.5 Å². The molecule has 1 aliphatic rings. The van der Waals surface area contributed by atoms with Crippen LogP contribution < -0.4 is 11.1 Å². The summed E-state index contributed by atoms with van der Waals surface area (Å²) in [4.78, 5) is 25.0. The number of carbonyl (C=O) groups is 2. The van der Waals surface area contributed by atoms with E-state index >= 15 is 0 Å². The Kier molecular flexibility index (Phi) is 4.93. The number of hydrogen-bond acceptors (Lipinski definition) is 4. The Labute approximate surface area is 123 Å². The number of hydrogen-bond donors (Lipinski definition) is 3. The third-order valence-electron chi connectivity index (χ3n) is 3.76. The number of aliphatic hydroxyl groups is 1. The summed E-state index contributed by atoms with van der Waals surface area (Å²) in [5, 5.41) is 12.5. The van der Waals surface area contributed by atoms with Crippen molar-refractivity contribution in [3.05, 3.63) is 29.8 Å². The summed E-state index contributed by atoms with van der Waals surface area (Å²) in [6.07, 6.45) is 0.424. The number of anilines is 1. The average molecular weight is 291 g/mol. The van der Waals surface area contributed by atoms with Gasteiger partial charge >= 0.3 is 0 Å². The number of piperidine rings is 1. The fraction of sp³-hybridized carbons (Fsp3) is 0.467. The predicted octanol–water partition coefficient (Wildman–Crippen LogP) is 0.427. The number of benzene rings is 1. The molecule has 6 heteroatoms. The Morgan fingerprint density at radius 1 is 1.38 bits per heavy atom. The number of nitrogens with zero attached hydrogens (tertiary/aromatic N) is 1. The number of rotatable bonds is 4. The molecule has 0 aliphatic carbocycles. The van der Waals surface area contributed by atoms with Crippen molar-refractivity contribution in [3.8, 4) is 0 Å². The molecule has 2 rings (SSSR count). The van der Waals surface area contributed by atoms with Gasteiger partial charge < -0.3 is 16.2 Å². The van der Waals surface area contributed by atoms with Gasteiger partial charge in [-0.1, -0.05) is 6.92 Å². The van der Waals surface area contributed by atoms with Gasteiger partial charge in [-0.2, -0.15) is 0 Å². The van der Waals surface area contributed by atoms with Crippen LogP contribution >= 0.6 is 0 Å². The van der Waals surface area contributed by atoms with Crippen molar-refractivity contribution in [3.63, 3.8) is 0 Å². The first-order valence-electron chi connectivity index (χ1n) is 7.06. The molecule has 0 radical (unpaired) electrons. The van der Waals surface area contributed by atoms with E-state index < -0.39 is 5.91 Å². The summed E-state index contributed by atoms with van der Waals surface area (Å²) in [6, 6.07) is 6.47. The molecule has 6 nitrogen and oxygen atoms in total. The topological polar surface area (TPSA) is 95.7 Å². The summed E-state index contributed by atoms with van der Waals surface area (Å²) in [5.41, 5.74) is 6.20. The molecule has 2 amide bonds. The Morgan fingerprint density at radius 3 is 2.62 bits per heavy atom. The fourth-order valence-corrected chi connectivity index (χ4v) is 2.48. The molecular weight excluding hydrogens is 270 g/mol. The number of carbonyl (C=O) groups excluding carboxylic acids is 2. The molecule has 1 aromatic rings. The zero-order valence-corrected chi connectivity index (χ0v) is 12.1. The van der Waals surface area contributed by atoms with E-state index in [0.717, 1.165) is 13.1 Å². The van der Waals surface area contributed by atoms with Gasteiger partial charge in [0.05, 0.1) is 12.6 Å². The van der Waals surface area contributed by atoms with Crippen LogP contribution in [-0.4, -0.2) is 47.6 Å². The van der Waals surface area contributed by atoms with Crippen LogP contribution in [0.2, 0.25) is 0 Å². The number of amides is 2. The molecule has 1 fully saturated rings. The maximum absolute atomic E-state index is 12.0. The smallest absolute Gasteiger partial charge is 0.248 e. The summed E-state index contributed by atoms with van der Waals surface area (Å²) < 4.78 is 0. The Morgan fingerprint density at radius 2 is 2.05 bits per heavy atom. The molecule has 0 saturated carbocycles. The van der Waals surface area contributed by atoms with Crippen LogP contribution in [0.5, 0.6) is 0 Å². The van der Waals surface area contributed by atoms with Gasteiger partial charge in [-0.3, -0.25) is 14.5 Å². The van der Waals surface area contributed by atoms with E-state index in [-0.39, 0.29) is 17.9 Å². The van der Waals surface area contributed by atoms with Gasteiger partial charge in [0.15, 0.2) is 0 Å². The highest BCUT2D eigenvalue weighted by atomic mass is 16.3. The minimum Gasteiger partial charge on any atom is -0.393 e. The average Bonchev–Trinajstić information content (AvgIpc) is 2.43. The molecule has 21 heavy (non-hydrogen) atoms. The molecule has 1 aliphatic heterocycles. The SMILES string of the molecule is CC1CN(CC(=O)Nc2ccc(C(N)=O)cc2)CCC1O. The molecule has 2 unspecified atom stereocenters. The van der Waals surface area contributed by atoms with Crippen LogP contribution in [0.1, 0.15) is 23.7 Å². The van der Waals surface area contributed by atoms with Crippen molar-refractivity contribution in [2.24, 2.45) is 11.7 Å². The second-order valence-corrected chi connectivity index (χ2v) is 5.56. The lowest BCUT2D eigenvalue weighted by Gasteiger charge is -2.33. The molecular formula is C15H21N3O3. The van der Waals surface area contributed by atoms with Crippen LogP contribution in [0.4, 0.5) is 5.69 Å². The minimum absolute atomic E-state index is 0.106. The van der Waals surface area contributed by atoms with Gasteiger partial charge in [0.1, 0.15) is 0 Å². The van der Waals surface area contributed by atoms with Crippen molar-refractivity contribution in [1.82, 2.24) is 4.90 Å². The van der Waals surface area contributed by atoms with E-state index in [0.29, 0.717) is 24.2 Å². The monoisotopic (exact) mass is 291 g/mol. The number of aliphatic hydroxyl groups excluding tert-OH is 1. The van der Waals surface area contributed by atoms with Gasteiger partial charge in [-0.25, -0.2) is 0 Å². The number of nitrogens with one attached hydrogen (secondary N) is 1. The summed E-state index contributed by atoms with van der Waals surface area (Å²) >= 11 is 0. The predicted molar refractivity (Wildman–Crippen MR) is 79.8 cm³/mol. The normalized spacial score (nSPS) is 22.8. The molecule has 2 atom stereocenters. The lowest BCUT2D eigenvalue weighted by Crippen LogP contribution is -2.45. The van der Waals surface area contributed by atoms with Crippen LogP contribution in [0.3, 0.4) is 0 Å². The zero-order chi connectivity index (χ0) is 15.4. The van der Waals surface area contributed by atoms with Gasteiger partial charge in [0.25, 0.3) is 0 Å². The lowest BCUT2D eigenvalue weighted by molar-refractivity contribution is -0.118. The lowest BCUT2D eigenvalue weighted by atomic mass is 9.97. The largest absolute Gasteiger partial charge is 0.393 e. The third-order valence-corrected chi connectivity index (χ3v) is 3.76. The van der Waals surface area contributed by atoms with E-state index in [2.05, 4.69) is 5.32 Å². The summed E-state index contributed by atoms with van der Waals surface area (Å²) in [6.45, 7) is 3.72. The molecule has 1 aromatic carbocycles. The molecule has 0 aromatic heterocycles. The molecule has 4 N–H and O–H groups in total. The molecule has 1 heterocycles. The Bertz CT molecular complexity index is 515. The number of nitrogens with two attached hydrogens (primary N) is 1. The zero-order valence-electron chi connectivity index (χ0n) is 12.1. The number of likely N-dealkylation sites (tertiary alicyclic amines) is 1. The molecule has 0 spiro atoms. The third kappa shape index (κ3) is 4.27. The van der Waals surface area contributed by atoms with Crippen molar-refractivity contribution in [2.75, 3.05) is 25.0 Å². The Balaban J connectivity index is 1.85. The maximum Gasteiger partial charge on any atom is 0.248 e. The van der Waals surface area contributed by atoms with Crippen LogP contribution in [0.15, 0.2) is 24.3 Å². The highest BCUT2D eigenvalue weighted by Crippen LogP contribution is 2.16. The second kappa shape index (κ2) is 6.69. The van der Waals surface area contributed by atoms with Gasteiger partial charge in [0.2, 0.25) is 11.8 Å². The van der Waals surface area contributed by atoms with E-state index in [9.17, 15) is 14.7 Å². The highest BCUT2D eigenvalue weighted by molar-refractivity contribution is 5.95. The van der Waals surface area contributed by atoms with E-state index in [4.69, 9.17) is 5.73 Å². The number of primary amides is 1. The van der Waals surface area contributed by atoms with Crippen LogP contribution in [0, 0.1) is 5.92 Å². The highest BCUT2D eigenvalue weighted by Gasteiger charge is 2.25. The van der Waals surface area contributed by atoms with Gasteiger partial charge in [0, 0.05) is 24.3 Å². The second-order valence-electron chi connectivity index (χ2n) is 5.56. The van der Waals surface area contributed by atoms with Crippen molar-refractivity contribution < 1.29 is 14.7 Å². The van der Waals surface area contributed by atoms with Crippen molar-refractivity contribution in [1.29, 1.82) is 0 Å². The van der Waals surface area contributed by atoms with E-state index in [1.807, 2.05) is 11.8 Å². The van der Waals surface area contributed by atoms with Crippen LogP contribution in [-0.2, 0) is 4.79 Å². The molecule has 114 valence electrons. The summed E-state index contributed by atoms with van der Waals surface area (Å²) in [5.74, 6) is -0.416. The first-order valence-corrected chi connectivity index (χ1v) is 7.06. The first-order chi connectivity index (χ1) is 9.95. The van der Waals surface area contributed by atoms with Gasteiger partial charge in [-0.05, 0) is 36.6 Å². The minimum atomic E-state index is -0.492. The Hall–Kier alpha value is -1.92. The van der Waals surface area contributed by atoms with E-state index in [1.54, 1.807) is 24.3 Å². The molecule has 0 bridgehead atoms. The van der Waals surface area contributed by atoms with Crippen LogP contribution in [0.25, 0.3) is 0 Å². The summed E-state index contributed by atoms with van der Waals surface area (Å²) in [7, 11) is 0.